The molecule has 17 heavy (non-hydrogen) atoms. The first-order valence-corrected chi connectivity index (χ1v) is 5.94. The van der Waals surface area contributed by atoms with Gasteiger partial charge < -0.3 is 10.2 Å². The zero-order valence-electron chi connectivity index (χ0n) is 10.1. The number of rotatable bonds is 5. The van der Waals surface area contributed by atoms with Crippen molar-refractivity contribution in [1.29, 1.82) is 0 Å². The highest BCUT2D eigenvalue weighted by Gasteiger charge is 2.08. The molecule has 0 bridgehead atoms. The van der Waals surface area contributed by atoms with Gasteiger partial charge in [-0.3, -0.25) is 4.98 Å². The maximum atomic E-state index is 6.11. The van der Waals surface area contributed by atoms with E-state index in [1.807, 2.05) is 24.4 Å². The first-order valence-electron chi connectivity index (χ1n) is 5.94. The minimum Gasteiger partial charge on any atom is -0.469 e. The van der Waals surface area contributed by atoms with Crippen molar-refractivity contribution < 1.29 is 4.42 Å². The molecular weight excluding hydrogens is 212 g/mol. The lowest BCUT2D eigenvalue weighted by Gasteiger charge is -2.11. The maximum absolute atomic E-state index is 6.11. The number of pyridine rings is 1. The van der Waals surface area contributed by atoms with E-state index in [0.717, 1.165) is 30.7 Å². The van der Waals surface area contributed by atoms with Crippen LogP contribution in [0.15, 0.2) is 41.1 Å². The van der Waals surface area contributed by atoms with Crippen LogP contribution in [0.2, 0.25) is 0 Å². The summed E-state index contributed by atoms with van der Waals surface area (Å²) in [5.74, 6) is 0.998. The molecule has 2 heterocycles. The van der Waals surface area contributed by atoms with Crippen molar-refractivity contribution in [3.8, 4) is 0 Å². The molecule has 1 unspecified atom stereocenters. The Morgan fingerprint density at radius 1 is 1.35 bits per heavy atom. The van der Waals surface area contributed by atoms with Crippen molar-refractivity contribution in [2.45, 2.75) is 32.2 Å². The molecule has 0 spiro atoms. The molecule has 0 saturated heterocycles. The topological polar surface area (TPSA) is 52.0 Å². The van der Waals surface area contributed by atoms with E-state index in [4.69, 9.17) is 10.2 Å². The minimum absolute atomic E-state index is 0.133. The molecule has 3 heteroatoms. The van der Waals surface area contributed by atoms with Gasteiger partial charge >= 0.3 is 0 Å². The highest BCUT2D eigenvalue weighted by atomic mass is 16.3. The highest BCUT2D eigenvalue weighted by molar-refractivity contribution is 5.18. The van der Waals surface area contributed by atoms with Crippen molar-refractivity contribution in [3.05, 3.63) is 53.7 Å². The largest absolute Gasteiger partial charge is 0.469 e. The number of aryl methyl sites for hydroxylation is 2. The van der Waals surface area contributed by atoms with E-state index in [2.05, 4.69) is 18.0 Å². The second kappa shape index (κ2) is 5.64. The Labute approximate surface area is 102 Å². The number of nitrogens with zero attached hydrogens (tertiary/aromatic N) is 1. The number of nitrogens with two attached hydrogens (primary N) is 1. The van der Waals surface area contributed by atoms with Crippen LogP contribution in [0.5, 0.6) is 0 Å². The van der Waals surface area contributed by atoms with E-state index in [0.29, 0.717) is 0 Å². The molecule has 0 saturated carbocycles. The summed E-state index contributed by atoms with van der Waals surface area (Å²) in [6, 6.07) is 8.05. The summed E-state index contributed by atoms with van der Waals surface area (Å²) in [4.78, 5) is 4.36. The smallest absolute Gasteiger partial charge is 0.103 e. The van der Waals surface area contributed by atoms with Gasteiger partial charge in [0, 0.05) is 30.8 Å². The first-order chi connectivity index (χ1) is 8.25. The van der Waals surface area contributed by atoms with Gasteiger partial charge in [-0.2, -0.15) is 0 Å². The molecule has 2 aromatic rings. The van der Waals surface area contributed by atoms with Crippen molar-refractivity contribution in [1.82, 2.24) is 4.98 Å². The fourth-order valence-electron chi connectivity index (χ4n) is 1.86. The van der Waals surface area contributed by atoms with E-state index in [-0.39, 0.29) is 6.04 Å². The summed E-state index contributed by atoms with van der Waals surface area (Å²) < 4.78 is 5.29. The third kappa shape index (κ3) is 3.43. The van der Waals surface area contributed by atoms with Gasteiger partial charge in [0.05, 0.1) is 6.26 Å². The summed E-state index contributed by atoms with van der Waals surface area (Å²) >= 11 is 0. The molecule has 2 aromatic heterocycles. The monoisotopic (exact) mass is 230 g/mol. The van der Waals surface area contributed by atoms with Crippen LogP contribution < -0.4 is 5.73 Å². The lowest BCUT2D eigenvalue weighted by atomic mass is 10.0. The second-order valence-corrected chi connectivity index (χ2v) is 4.35. The van der Waals surface area contributed by atoms with Crippen molar-refractivity contribution in [3.63, 3.8) is 0 Å². The molecule has 0 aliphatic rings. The van der Waals surface area contributed by atoms with Crippen molar-refractivity contribution >= 4 is 0 Å². The Hall–Kier alpha value is -1.61. The van der Waals surface area contributed by atoms with Gasteiger partial charge in [0.1, 0.15) is 5.76 Å². The molecular formula is C14H18N2O. The lowest BCUT2D eigenvalue weighted by Crippen LogP contribution is -2.24. The molecule has 90 valence electrons. The van der Waals surface area contributed by atoms with Gasteiger partial charge in [0.2, 0.25) is 0 Å². The standard InChI is InChI=1S/C14H18N2O/c1-11-4-2-8-16-14(11)10-12(15)6-7-13-5-3-9-17-13/h2-5,8-9,12H,6-7,10,15H2,1H3. The molecule has 3 nitrogen and oxygen atoms in total. The Morgan fingerprint density at radius 3 is 2.94 bits per heavy atom. The van der Waals surface area contributed by atoms with Crippen molar-refractivity contribution in [2.24, 2.45) is 5.73 Å². The fourth-order valence-corrected chi connectivity index (χ4v) is 1.86. The van der Waals surface area contributed by atoms with E-state index in [1.165, 1.54) is 5.56 Å². The van der Waals surface area contributed by atoms with Crippen LogP contribution in [0.4, 0.5) is 0 Å². The Bertz CT molecular complexity index is 451. The molecule has 0 aromatic carbocycles. The first kappa shape index (κ1) is 11.9. The number of hydrogen-bond donors (Lipinski definition) is 1. The maximum Gasteiger partial charge on any atom is 0.103 e. The van der Waals surface area contributed by atoms with Crippen LogP contribution in [0.3, 0.4) is 0 Å². The molecule has 0 amide bonds. The van der Waals surface area contributed by atoms with E-state index < -0.39 is 0 Å². The van der Waals surface area contributed by atoms with Gasteiger partial charge in [-0.25, -0.2) is 0 Å². The summed E-state index contributed by atoms with van der Waals surface area (Å²) in [6.07, 6.45) is 6.16. The summed E-state index contributed by atoms with van der Waals surface area (Å²) in [6.45, 7) is 2.07. The second-order valence-electron chi connectivity index (χ2n) is 4.35. The molecule has 2 rings (SSSR count). The number of aromatic nitrogens is 1. The van der Waals surface area contributed by atoms with E-state index in [1.54, 1.807) is 6.26 Å². The Kier molecular flexibility index (Phi) is 3.94. The van der Waals surface area contributed by atoms with E-state index >= 15 is 0 Å². The Morgan fingerprint density at radius 2 is 2.24 bits per heavy atom. The summed E-state index contributed by atoms with van der Waals surface area (Å²) in [5, 5.41) is 0. The van der Waals surface area contributed by atoms with Crippen LogP contribution >= 0.6 is 0 Å². The van der Waals surface area contributed by atoms with Crippen LogP contribution in [0.1, 0.15) is 23.4 Å². The molecule has 0 radical (unpaired) electrons. The predicted octanol–water partition coefficient (Wildman–Crippen LogP) is 2.49. The molecule has 0 aliphatic heterocycles. The minimum atomic E-state index is 0.133. The quantitative estimate of drug-likeness (QED) is 0.858. The van der Waals surface area contributed by atoms with E-state index in [9.17, 15) is 0 Å². The van der Waals surface area contributed by atoms with Crippen LogP contribution in [0, 0.1) is 6.92 Å². The Balaban J connectivity index is 1.85. The molecule has 0 fully saturated rings. The average molecular weight is 230 g/mol. The van der Waals surface area contributed by atoms with Gasteiger partial charge in [0.25, 0.3) is 0 Å². The van der Waals surface area contributed by atoms with Gasteiger partial charge in [-0.15, -0.1) is 0 Å². The van der Waals surface area contributed by atoms with Crippen LogP contribution in [-0.4, -0.2) is 11.0 Å². The zero-order valence-corrected chi connectivity index (χ0v) is 10.1. The fraction of sp³-hybridized carbons (Fsp3) is 0.357. The highest BCUT2D eigenvalue weighted by Crippen LogP contribution is 2.10. The molecule has 0 aliphatic carbocycles. The lowest BCUT2D eigenvalue weighted by molar-refractivity contribution is 0.483. The normalized spacial score (nSPS) is 12.6. The van der Waals surface area contributed by atoms with Crippen molar-refractivity contribution in [2.75, 3.05) is 0 Å². The van der Waals surface area contributed by atoms with Gasteiger partial charge in [-0.1, -0.05) is 6.07 Å². The SMILES string of the molecule is Cc1cccnc1CC(N)CCc1ccco1. The molecule has 2 N–H and O–H groups in total. The third-order valence-corrected chi connectivity index (χ3v) is 2.92. The van der Waals surface area contributed by atoms with Gasteiger partial charge in [0.15, 0.2) is 0 Å². The third-order valence-electron chi connectivity index (χ3n) is 2.92. The number of hydrogen-bond acceptors (Lipinski definition) is 3. The van der Waals surface area contributed by atoms with Crippen LogP contribution in [-0.2, 0) is 12.8 Å². The number of furan rings is 1. The predicted molar refractivity (Wildman–Crippen MR) is 67.7 cm³/mol. The average Bonchev–Trinajstić information content (AvgIpc) is 2.82. The molecule has 1 atom stereocenters. The van der Waals surface area contributed by atoms with Gasteiger partial charge in [-0.05, 0) is 37.1 Å². The summed E-state index contributed by atoms with van der Waals surface area (Å²) in [5.41, 5.74) is 8.42. The summed E-state index contributed by atoms with van der Waals surface area (Å²) in [7, 11) is 0. The zero-order chi connectivity index (χ0) is 12.1. The van der Waals surface area contributed by atoms with Crippen LogP contribution in [0.25, 0.3) is 0 Å².